The molecule has 0 aliphatic heterocycles. The van der Waals surface area contributed by atoms with Gasteiger partial charge in [0.1, 0.15) is 13.2 Å². The molecule has 0 fully saturated rings. The molecule has 1 unspecified atom stereocenters. The molecule has 0 bridgehead atoms. The molecule has 7 nitrogen and oxygen atoms in total. The lowest BCUT2D eigenvalue weighted by Gasteiger charge is -2.27. The lowest BCUT2D eigenvalue weighted by Crippen LogP contribution is -2.37. The summed E-state index contributed by atoms with van der Waals surface area (Å²) in [6.45, 7) is 0.571. The first-order valence-electron chi connectivity index (χ1n) is 6.82. The van der Waals surface area contributed by atoms with Gasteiger partial charge in [0.15, 0.2) is 0 Å². The molecule has 0 amide bonds. The molecule has 0 radical (unpaired) electrons. The molecule has 8 heteroatoms. The van der Waals surface area contributed by atoms with Crippen LogP contribution in [-0.4, -0.2) is 56.5 Å². The zero-order valence-electron chi connectivity index (χ0n) is 13.0. The number of likely N-dealkylation sites (N-methyl/N-ethyl adjacent to an activating group) is 1. The number of benzene rings is 1. The molecule has 0 aliphatic rings. The predicted octanol–water partition coefficient (Wildman–Crippen LogP) is 1.14. The highest BCUT2D eigenvalue weighted by Crippen LogP contribution is 2.38. The Balaban J connectivity index is 2.35. The van der Waals surface area contributed by atoms with Crippen LogP contribution in [-0.2, 0) is 20.0 Å². The van der Waals surface area contributed by atoms with Crippen molar-refractivity contribution < 1.29 is 32.9 Å². The van der Waals surface area contributed by atoms with E-state index in [-0.39, 0.29) is 18.8 Å². The fraction of sp³-hybridized carbons (Fsp3) is 0.500. The average Bonchev–Trinajstić information content (AvgIpc) is 2.37. The van der Waals surface area contributed by atoms with Crippen LogP contribution < -0.4 is 4.89 Å². The van der Waals surface area contributed by atoms with Gasteiger partial charge in [-0.25, -0.2) is 4.79 Å². The summed E-state index contributed by atoms with van der Waals surface area (Å²) in [7, 11) is 1.50. The van der Waals surface area contributed by atoms with Gasteiger partial charge in [0.05, 0.1) is 33.3 Å². The number of carboxylic acid groups (broad SMARTS) is 1. The monoisotopic (exact) mass is 331 g/mol. The highest BCUT2D eigenvalue weighted by atomic mass is 31.2. The zero-order chi connectivity index (χ0) is 16.8. The Morgan fingerprint density at radius 3 is 2.23 bits per heavy atom. The maximum absolute atomic E-state index is 11.5. The predicted molar refractivity (Wildman–Crippen MR) is 79.5 cm³/mol. The molecule has 124 valence electrons. The number of hydrogen-bond acceptors (Lipinski definition) is 5. The Bertz CT molecular complexity index is 537. The minimum absolute atomic E-state index is 0.0441. The molecule has 0 heterocycles. The van der Waals surface area contributed by atoms with E-state index < -0.39 is 13.8 Å². The standard InChI is InChI=1S/C14H22NO6P/c1-15(2,3)9-11-21-22(18,19)20-10-8-12-4-6-13(7-5-12)14(16)17/h4-7H,8-11H2,1-3H3,(H-,16,17,18,19). The van der Waals surface area contributed by atoms with Gasteiger partial charge in [0, 0.05) is 0 Å². The highest BCUT2D eigenvalue weighted by molar-refractivity contribution is 7.45. The zero-order valence-corrected chi connectivity index (χ0v) is 13.9. The second-order valence-electron chi connectivity index (χ2n) is 5.88. The van der Waals surface area contributed by atoms with Crippen molar-refractivity contribution in [3.63, 3.8) is 0 Å². The van der Waals surface area contributed by atoms with Gasteiger partial charge in [0.2, 0.25) is 0 Å². The van der Waals surface area contributed by atoms with Gasteiger partial charge in [-0.15, -0.1) is 0 Å². The van der Waals surface area contributed by atoms with Crippen LogP contribution >= 0.6 is 7.82 Å². The molecule has 1 rings (SSSR count). The molecular formula is C14H22NO6P. The van der Waals surface area contributed by atoms with E-state index in [1.807, 2.05) is 21.1 Å². The largest absolute Gasteiger partial charge is 0.756 e. The van der Waals surface area contributed by atoms with Crippen molar-refractivity contribution in [2.75, 3.05) is 40.9 Å². The normalized spacial score (nSPS) is 14.5. The van der Waals surface area contributed by atoms with Gasteiger partial charge in [0.25, 0.3) is 7.82 Å². The van der Waals surface area contributed by atoms with Crippen LogP contribution in [0.4, 0.5) is 0 Å². The number of carboxylic acids is 1. The summed E-state index contributed by atoms with van der Waals surface area (Å²) < 4.78 is 21.7. The number of phosphoric acid groups is 1. The topological polar surface area (TPSA) is 95.9 Å². The van der Waals surface area contributed by atoms with Crippen molar-refractivity contribution in [2.24, 2.45) is 0 Å². The van der Waals surface area contributed by atoms with Crippen LogP contribution in [0.2, 0.25) is 0 Å². The summed E-state index contributed by atoms with van der Waals surface area (Å²) in [5.74, 6) is -1.00. The minimum Gasteiger partial charge on any atom is -0.756 e. The summed E-state index contributed by atoms with van der Waals surface area (Å²) in [5.41, 5.74) is 0.971. The first kappa shape index (κ1) is 18.8. The number of aromatic carboxylic acids is 1. The smallest absolute Gasteiger partial charge is 0.335 e. The van der Waals surface area contributed by atoms with Crippen LogP contribution in [0, 0.1) is 0 Å². The first-order valence-corrected chi connectivity index (χ1v) is 8.28. The third-order valence-corrected chi connectivity index (χ3v) is 3.85. The molecular weight excluding hydrogens is 309 g/mol. The van der Waals surface area contributed by atoms with Crippen LogP contribution in [0.3, 0.4) is 0 Å². The quantitative estimate of drug-likeness (QED) is 0.538. The molecule has 1 atom stereocenters. The minimum atomic E-state index is -4.29. The second kappa shape index (κ2) is 7.85. The molecule has 0 aliphatic carbocycles. The van der Waals surface area contributed by atoms with Crippen molar-refractivity contribution in [3.05, 3.63) is 35.4 Å². The van der Waals surface area contributed by atoms with E-state index in [9.17, 15) is 14.3 Å². The maximum Gasteiger partial charge on any atom is 0.335 e. The van der Waals surface area contributed by atoms with Crippen molar-refractivity contribution in [2.45, 2.75) is 6.42 Å². The molecule has 0 saturated heterocycles. The van der Waals surface area contributed by atoms with Gasteiger partial charge in [-0.1, -0.05) is 12.1 Å². The summed E-state index contributed by atoms with van der Waals surface area (Å²) in [5, 5.41) is 8.78. The second-order valence-corrected chi connectivity index (χ2v) is 7.29. The van der Waals surface area contributed by atoms with Crippen LogP contribution in [0.25, 0.3) is 0 Å². The third kappa shape index (κ3) is 7.68. The van der Waals surface area contributed by atoms with Gasteiger partial charge >= 0.3 is 5.97 Å². The van der Waals surface area contributed by atoms with E-state index in [4.69, 9.17) is 14.2 Å². The molecule has 0 spiro atoms. The van der Waals surface area contributed by atoms with Crippen molar-refractivity contribution in [3.8, 4) is 0 Å². The summed E-state index contributed by atoms with van der Waals surface area (Å²) in [4.78, 5) is 22.3. The maximum atomic E-state index is 11.5. The van der Waals surface area contributed by atoms with E-state index in [2.05, 4.69) is 0 Å². The lowest BCUT2D eigenvalue weighted by molar-refractivity contribution is -0.870. The Morgan fingerprint density at radius 2 is 1.73 bits per heavy atom. The highest BCUT2D eigenvalue weighted by Gasteiger charge is 2.13. The Morgan fingerprint density at radius 1 is 1.18 bits per heavy atom. The van der Waals surface area contributed by atoms with E-state index >= 15 is 0 Å². The Kier molecular flexibility index (Phi) is 6.71. The average molecular weight is 331 g/mol. The van der Waals surface area contributed by atoms with E-state index in [1.54, 1.807) is 12.1 Å². The SMILES string of the molecule is C[N+](C)(C)CCOP(=O)([O-])OCCc1ccc(C(=O)O)cc1. The van der Waals surface area contributed by atoms with E-state index in [0.29, 0.717) is 17.4 Å². The molecule has 1 aromatic carbocycles. The molecule has 22 heavy (non-hydrogen) atoms. The Hall–Kier alpha value is -1.24. The molecule has 1 aromatic rings. The van der Waals surface area contributed by atoms with Crippen LogP contribution in [0.1, 0.15) is 15.9 Å². The summed E-state index contributed by atoms with van der Waals surface area (Å²) in [6.07, 6.45) is 0.352. The van der Waals surface area contributed by atoms with Gasteiger partial charge in [-0.3, -0.25) is 4.57 Å². The van der Waals surface area contributed by atoms with E-state index in [1.165, 1.54) is 12.1 Å². The van der Waals surface area contributed by atoms with Gasteiger partial charge in [-0.05, 0) is 24.1 Å². The number of hydrogen-bond donors (Lipinski definition) is 1. The number of quaternary nitrogens is 1. The number of phosphoric ester groups is 1. The van der Waals surface area contributed by atoms with Crippen molar-refractivity contribution in [1.29, 1.82) is 0 Å². The number of nitrogens with zero attached hydrogens (tertiary/aromatic N) is 1. The third-order valence-electron chi connectivity index (χ3n) is 2.85. The Labute approximate surface area is 130 Å². The van der Waals surface area contributed by atoms with Gasteiger partial charge in [-0.2, -0.15) is 0 Å². The molecule has 1 N–H and O–H groups in total. The first-order chi connectivity index (χ1) is 10.1. The number of rotatable bonds is 9. The molecule has 0 saturated carbocycles. The summed E-state index contributed by atoms with van der Waals surface area (Å²) in [6, 6.07) is 6.18. The van der Waals surface area contributed by atoms with Crippen LogP contribution in [0.15, 0.2) is 24.3 Å². The molecule has 0 aromatic heterocycles. The fourth-order valence-electron chi connectivity index (χ4n) is 1.55. The lowest BCUT2D eigenvalue weighted by atomic mass is 10.1. The fourth-order valence-corrected chi connectivity index (χ4v) is 2.25. The number of carbonyl (C=O) groups is 1. The van der Waals surface area contributed by atoms with Gasteiger partial charge < -0.3 is 23.5 Å². The summed E-state index contributed by atoms with van der Waals surface area (Å²) >= 11 is 0. The van der Waals surface area contributed by atoms with E-state index in [0.717, 1.165) is 5.56 Å². The van der Waals surface area contributed by atoms with Crippen molar-refractivity contribution >= 4 is 13.8 Å². The van der Waals surface area contributed by atoms with Crippen molar-refractivity contribution in [1.82, 2.24) is 0 Å². The van der Waals surface area contributed by atoms with Crippen LogP contribution in [0.5, 0.6) is 0 Å².